The number of nitrogens with zero attached hydrogens (tertiary/aromatic N) is 1. The lowest BCUT2D eigenvalue weighted by atomic mass is 10.2. The average Bonchev–Trinajstić information content (AvgIpc) is 2.76. The van der Waals surface area contributed by atoms with Crippen molar-refractivity contribution in [1.29, 1.82) is 0 Å². The van der Waals surface area contributed by atoms with E-state index in [0.29, 0.717) is 24.4 Å². The van der Waals surface area contributed by atoms with Crippen LogP contribution in [0.15, 0.2) is 5.38 Å². The van der Waals surface area contributed by atoms with Gasteiger partial charge in [0.05, 0.1) is 12.8 Å². The van der Waals surface area contributed by atoms with Crippen LogP contribution in [-0.2, 0) is 20.7 Å². The standard InChI is InChI=1S/C12H18N2O3S/c1-8(2)11(16)14-12-13-9(7-18-12)5-4-6-10(15)17-3/h7-8H,4-6H2,1-3H3,(H,13,14,16). The van der Waals surface area contributed by atoms with E-state index in [1.807, 2.05) is 19.2 Å². The number of aryl methyl sites for hydroxylation is 1. The van der Waals surface area contributed by atoms with E-state index in [1.165, 1.54) is 18.4 Å². The van der Waals surface area contributed by atoms with Crippen LogP contribution >= 0.6 is 11.3 Å². The van der Waals surface area contributed by atoms with Gasteiger partial charge in [-0.2, -0.15) is 0 Å². The van der Waals surface area contributed by atoms with Crippen LogP contribution in [0.3, 0.4) is 0 Å². The summed E-state index contributed by atoms with van der Waals surface area (Å²) < 4.78 is 4.56. The molecule has 100 valence electrons. The maximum Gasteiger partial charge on any atom is 0.305 e. The molecule has 6 heteroatoms. The molecular weight excluding hydrogens is 252 g/mol. The van der Waals surface area contributed by atoms with Gasteiger partial charge >= 0.3 is 5.97 Å². The fourth-order valence-corrected chi connectivity index (χ4v) is 1.99. The SMILES string of the molecule is COC(=O)CCCc1csc(NC(=O)C(C)C)n1. The molecule has 1 heterocycles. The lowest BCUT2D eigenvalue weighted by Crippen LogP contribution is -2.17. The van der Waals surface area contributed by atoms with Crippen molar-refractivity contribution < 1.29 is 14.3 Å². The summed E-state index contributed by atoms with van der Waals surface area (Å²) in [6, 6.07) is 0. The molecule has 0 saturated heterocycles. The zero-order chi connectivity index (χ0) is 13.5. The molecule has 0 fully saturated rings. The largest absolute Gasteiger partial charge is 0.469 e. The third-order valence-electron chi connectivity index (χ3n) is 2.35. The van der Waals surface area contributed by atoms with Gasteiger partial charge in [0.15, 0.2) is 5.13 Å². The van der Waals surface area contributed by atoms with Crippen LogP contribution in [-0.4, -0.2) is 24.0 Å². The Balaban J connectivity index is 2.39. The van der Waals surface area contributed by atoms with Crippen molar-refractivity contribution in [2.75, 3.05) is 12.4 Å². The monoisotopic (exact) mass is 270 g/mol. The number of nitrogens with one attached hydrogen (secondary N) is 1. The summed E-state index contributed by atoms with van der Waals surface area (Å²) in [7, 11) is 1.38. The molecule has 0 aliphatic carbocycles. The van der Waals surface area contributed by atoms with Crippen LogP contribution in [0, 0.1) is 5.92 Å². The number of ether oxygens (including phenoxy) is 1. The lowest BCUT2D eigenvalue weighted by Gasteiger charge is -2.03. The molecule has 0 radical (unpaired) electrons. The predicted molar refractivity (Wildman–Crippen MR) is 70.5 cm³/mol. The van der Waals surface area contributed by atoms with Crippen molar-refractivity contribution in [2.24, 2.45) is 5.92 Å². The minimum absolute atomic E-state index is 0.0366. The average molecular weight is 270 g/mol. The molecule has 0 aromatic carbocycles. The van der Waals surface area contributed by atoms with E-state index in [1.54, 1.807) is 0 Å². The maximum absolute atomic E-state index is 11.5. The van der Waals surface area contributed by atoms with E-state index >= 15 is 0 Å². The molecule has 1 rings (SSSR count). The predicted octanol–water partition coefficient (Wildman–Crippen LogP) is 2.23. The summed E-state index contributed by atoms with van der Waals surface area (Å²) in [5, 5.41) is 5.26. The minimum atomic E-state index is -0.210. The first-order chi connectivity index (χ1) is 8.52. The van der Waals surface area contributed by atoms with Gasteiger partial charge < -0.3 is 10.1 Å². The van der Waals surface area contributed by atoms with Gasteiger partial charge in [0.25, 0.3) is 0 Å². The number of rotatable bonds is 6. The molecule has 1 aromatic rings. The number of carbonyl (C=O) groups is 2. The molecule has 1 amide bonds. The molecule has 0 aliphatic heterocycles. The van der Waals surface area contributed by atoms with Gasteiger partial charge in [0.2, 0.25) is 5.91 Å². The van der Waals surface area contributed by atoms with E-state index in [4.69, 9.17) is 0 Å². The molecule has 0 saturated carbocycles. The van der Waals surface area contributed by atoms with Gasteiger partial charge in [-0.1, -0.05) is 13.8 Å². The number of anilines is 1. The number of hydrogen-bond donors (Lipinski definition) is 1. The van der Waals surface area contributed by atoms with E-state index in [-0.39, 0.29) is 17.8 Å². The molecule has 1 aromatic heterocycles. The van der Waals surface area contributed by atoms with Crippen LogP contribution in [0.1, 0.15) is 32.4 Å². The van der Waals surface area contributed by atoms with E-state index in [0.717, 1.165) is 5.69 Å². The third-order valence-corrected chi connectivity index (χ3v) is 3.15. The highest BCUT2D eigenvalue weighted by Crippen LogP contribution is 2.17. The highest BCUT2D eigenvalue weighted by molar-refractivity contribution is 7.13. The summed E-state index contributed by atoms with van der Waals surface area (Å²) in [6.45, 7) is 3.67. The zero-order valence-electron chi connectivity index (χ0n) is 10.9. The van der Waals surface area contributed by atoms with Crippen LogP contribution in [0.2, 0.25) is 0 Å². The van der Waals surface area contributed by atoms with Gasteiger partial charge in [-0.3, -0.25) is 9.59 Å². The Kier molecular flexibility index (Phi) is 5.77. The second-order valence-electron chi connectivity index (χ2n) is 4.22. The fourth-order valence-electron chi connectivity index (χ4n) is 1.24. The Bertz CT molecular complexity index is 415. The van der Waals surface area contributed by atoms with Crippen LogP contribution in [0.5, 0.6) is 0 Å². The number of carbonyl (C=O) groups excluding carboxylic acids is 2. The van der Waals surface area contributed by atoms with Gasteiger partial charge in [0, 0.05) is 17.7 Å². The highest BCUT2D eigenvalue weighted by Gasteiger charge is 2.10. The first-order valence-corrected chi connectivity index (χ1v) is 6.73. The van der Waals surface area contributed by atoms with Crippen LogP contribution in [0.25, 0.3) is 0 Å². The van der Waals surface area contributed by atoms with Crippen LogP contribution in [0.4, 0.5) is 5.13 Å². The van der Waals surface area contributed by atoms with Crippen LogP contribution < -0.4 is 5.32 Å². The molecule has 0 spiro atoms. The maximum atomic E-state index is 11.5. The highest BCUT2D eigenvalue weighted by atomic mass is 32.1. The fraction of sp³-hybridized carbons (Fsp3) is 0.583. The summed E-state index contributed by atoms with van der Waals surface area (Å²) in [5.74, 6) is -0.305. The number of hydrogen-bond acceptors (Lipinski definition) is 5. The number of thiazole rings is 1. The number of amides is 1. The van der Waals surface area contributed by atoms with Crippen molar-refractivity contribution in [2.45, 2.75) is 33.1 Å². The van der Waals surface area contributed by atoms with Crippen molar-refractivity contribution in [3.8, 4) is 0 Å². The first-order valence-electron chi connectivity index (χ1n) is 5.85. The number of aromatic nitrogens is 1. The Morgan fingerprint density at radius 3 is 2.83 bits per heavy atom. The zero-order valence-corrected chi connectivity index (χ0v) is 11.7. The second-order valence-corrected chi connectivity index (χ2v) is 5.08. The Labute approximate surface area is 111 Å². The molecular formula is C12H18N2O3S. The molecule has 5 nitrogen and oxygen atoms in total. The van der Waals surface area contributed by atoms with E-state index < -0.39 is 0 Å². The topological polar surface area (TPSA) is 68.3 Å². The molecule has 18 heavy (non-hydrogen) atoms. The van der Waals surface area contributed by atoms with E-state index in [9.17, 15) is 9.59 Å². The molecule has 0 aliphatic rings. The smallest absolute Gasteiger partial charge is 0.305 e. The van der Waals surface area contributed by atoms with Gasteiger partial charge in [-0.05, 0) is 12.8 Å². The second kappa shape index (κ2) is 7.10. The van der Waals surface area contributed by atoms with Crippen molar-refractivity contribution >= 4 is 28.3 Å². The summed E-state index contributed by atoms with van der Waals surface area (Å²) in [5.41, 5.74) is 0.892. The summed E-state index contributed by atoms with van der Waals surface area (Å²) in [6.07, 6.45) is 1.80. The molecule has 0 atom stereocenters. The third kappa shape index (κ3) is 4.83. The quantitative estimate of drug-likeness (QED) is 0.805. The van der Waals surface area contributed by atoms with Gasteiger partial charge in [0.1, 0.15) is 0 Å². The van der Waals surface area contributed by atoms with Crippen molar-refractivity contribution in [3.05, 3.63) is 11.1 Å². The number of methoxy groups -OCH3 is 1. The summed E-state index contributed by atoms with van der Waals surface area (Å²) in [4.78, 5) is 26.7. The van der Waals surface area contributed by atoms with Gasteiger partial charge in [-0.25, -0.2) is 4.98 Å². The molecule has 1 N–H and O–H groups in total. The van der Waals surface area contributed by atoms with Crippen molar-refractivity contribution in [1.82, 2.24) is 4.98 Å². The number of esters is 1. The Morgan fingerprint density at radius 1 is 1.50 bits per heavy atom. The Hall–Kier alpha value is -1.43. The Morgan fingerprint density at radius 2 is 2.22 bits per heavy atom. The first kappa shape index (κ1) is 14.6. The minimum Gasteiger partial charge on any atom is -0.469 e. The molecule has 0 bridgehead atoms. The summed E-state index contributed by atoms with van der Waals surface area (Å²) >= 11 is 1.40. The van der Waals surface area contributed by atoms with Crippen molar-refractivity contribution in [3.63, 3.8) is 0 Å². The van der Waals surface area contributed by atoms with Gasteiger partial charge in [-0.15, -0.1) is 11.3 Å². The lowest BCUT2D eigenvalue weighted by molar-refractivity contribution is -0.140. The van der Waals surface area contributed by atoms with E-state index in [2.05, 4.69) is 15.0 Å². The molecule has 0 unspecified atom stereocenters. The normalized spacial score (nSPS) is 10.4.